The molecule has 0 atom stereocenters. The monoisotopic (exact) mass is 430 g/mol. The van der Waals surface area contributed by atoms with Crippen LogP contribution in [0, 0.1) is 0 Å². The number of rotatable bonds is 8. The highest BCUT2D eigenvalue weighted by Gasteiger charge is 2.25. The summed E-state index contributed by atoms with van der Waals surface area (Å²) in [4.78, 5) is 16.6. The van der Waals surface area contributed by atoms with Gasteiger partial charge in [-0.05, 0) is 36.9 Å². The van der Waals surface area contributed by atoms with Crippen molar-refractivity contribution in [1.82, 2.24) is 14.5 Å². The molecule has 0 radical (unpaired) electrons. The number of amides is 1. The molecule has 8 heteroatoms. The summed E-state index contributed by atoms with van der Waals surface area (Å²) in [6, 6.07) is 16.8. The number of carbonyl (C=O) groups excluding carboxylic acids is 1. The lowest BCUT2D eigenvalue weighted by Crippen LogP contribution is -2.47. The zero-order valence-electron chi connectivity index (χ0n) is 17.6. The second-order valence-corrected chi connectivity index (χ2v) is 9.64. The maximum atomic E-state index is 12.6. The fraction of sp³-hybridized carbons (Fsp3) is 0.409. The molecule has 1 N–H and O–H groups in total. The molecule has 1 amide bonds. The van der Waals surface area contributed by atoms with E-state index in [0.717, 1.165) is 18.8 Å². The zero-order chi connectivity index (χ0) is 21.6. The minimum absolute atomic E-state index is 0.0412. The Bertz CT molecular complexity index is 925. The van der Waals surface area contributed by atoms with Gasteiger partial charge < -0.3 is 15.1 Å². The van der Waals surface area contributed by atoms with Crippen molar-refractivity contribution < 1.29 is 13.2 Å². The van der Waals surface area contributed by atoms with Crippen LogP contribution >= 0.6 is 0 Å². The van der Waals surface area contributed by atoms with Crippen LogP contribution < -0.4 is 10.2 Å². The van der Waals surface area contributed by atoms with E-state index in [1.165, 1.54) is 0 Å². The van der Waals surface area contributed by atoms with E-state index in [-0.39, 0.29) is 11.7 Å². The van der Waals surface area contributed by atoms with Crippen molar-refractivity contribution in [3.63, 3.8) is 0 Å². The van der Waals surface area contributed by atoms with E-state index in [4.69, 9.17) is 0 Å². The van der Waals surface area contributed by atoms with Crippen LogP contribution in [-0.2, 0) is 15.8 Å². The molecule has 3 rings (SSSR count). The van der Waals surface area contributed by atoms with Crippen LogP contribution in [0.25, 0.3) is 0 Å². The number of nitrogens with zero attached hydrogens (tertiary/aromatic N) is 3. The predicted molar refractivity (Wildman–Crippen MR) is 120 cm³/mol. The smallest absolute Gasteiger partial charge is 0.251 e. The number of carbonyl (C=O) groups is 1. The maximum Gasteiger partial charge on any atom is 0.251 e. The van der Waals surface area contributed by atoms with E-state index < -0.39 is 10.0 Å². The molecule has 1 aliphatic rings. The van der Waals surface area contributed by atoms with Crippen molar-refractivity contribution in [2.45, 2.75) is 5.75 Å². The summed E-state index contributed by atoms with van der Waals surface area (Å²) in [7, 11) is 0.634. The molecule has 0 spiro atoms. The fourth-order valence-corrected chi connectivity index (χ4v) is 4.89. The van der Waals surface area contributed by atoms with Gasteiger partial charge in [-0.25, -0.2) is 8.42 Å². The molecule has 2 aromatic rings. The van der Waals surface area contributed by atoms with Gasteiger partial charge in [-0.3, -0.25) is 4.79 Å². The first kappa shape index (κ1) is 22.3. The number of sulfonamides is 1. The molecular formula is C22H30N4O3S. The predicted octanol–water partition coefficient (Wildman–Crippen LogP) is 1.63. The first-order valence-electron chi connectivity index (χ1n) is 10.1. The van der Waals surface area contributed by atoms with Gasteiger partial charge in [0.2, 0.25) is 10.0 Å². The van der Waals surface area contributed by atoms with Gasteiger partial charge in [0.1, 0.15) is 0 Å². The Morgan fingerprint density at radius 2 is 1.63 bits per heavy atom. The van der Waals surface area contributed by atoms with Crippen molar-refractivity contribution in [1.29, 1.82) is 0 Å². The summed E-state index contributed by atoms with van der Waals surface area (Å²) in [6.45, 7) is 3.75. The molecule has 1 fully saturated rings. The average Bonchev–Trinajstić information content (AvgIpc) is 2.74. The summed E-state index contributed by atoms with van der Waals surface area (Å²) < 4.78 is 26.8. The molecular weight excluding hydrogens is 400 g/mol. The number of nitrogens with one attached hydrogen (secondary N) is 1. The highest BCUT2D eigenvalue weighted by atomic mass is 32.2. The van der Waals surface area contributed by atoms with Crippen LogP contribution in [0.3, 0.4) is 0 Å². The summed E-state index contributed by atoms with van der Waals surface area (Å²) in [5.41, 5.74) is 2.31. The van der Waals surface area contributed by atoms with Crippen LogP contribution in [-0.4, -0.2) is 76.9 Å². The Balaban J connectivity index is 1.49. The van der Waals surface area contributed by atoms with Gasteiger partial charge in [-0.2, -0.15) is 4.31 Å². The Morgan fingerprint density at radius 3 is 2.27 bits per heavy atom. The number of piperazine rings is 1. The van der Waals surface area contributed by atoms with Gasteiger partial charge in [0.05, 0.1) is 5.75 Å². The number of hydrogen-bond acceptors (Lipinski definition) is 5. The lowest BCUT2D eigenvalue weighted by Gasteiger charge is -2.31. The van der Waals surface area contributed by atoms with Crippen molar-refractivity contribution in [3.8, 4) is 0 Å². The van der Waals surface area contributed by atoms with Gasteiger partial charge in [0, 0.05) is 57.6 Å². The molecule has 1 heterocycles. The van der Waals surface area contributed by atoms with Crippen LogP contribution in [0.5, 0.6) is 0 Å². The number of para-hydroxylation sites is 1. The van der Waals surface area contributed by atoms with Crippen LogP contribution in [0.15, 0.2) is 54.6 Å². The van der Waals surface area contributed by atoms with Gasteiger partial charge in [0.15, 0.2) is 0 Å². The summed E-state index contributed by atoms with van der Waals surface area (Å²) >= 11 is 0. The van der Waals surface area contributed by atoms with Crippen LogP contribution in [0.2, 0.25) is 0 Å². The molecule has 0 bridgehead atoms. The quantitative estimate of drug-likeness (QED) is 0.689. The normalized spacial score (nSPS) is 15.7. The third-order valence-corrected chi connectivity index (χ3v) is 7.20. The van der Waals surface area contributed by atoms with E-state index in [1.807, 2.05) is 44.4 Å². The van der Waals surface area contributed by atoms with Gasteiger partial charge in [-0.1, -0.05) is 30.3 Å². The molecule has 1 aliphatic heterocycles. The van der Waals surface area contributed by atoms with E-state index in [2.05, 4.69) is 15.1 Å². The number of benzene rings is 2. The first-order chi connectivity index (χ1) is 14.3. The standard InChI is InChI=1S/C22H30N4O3S/c1-24-14-16-26(17-15-24)30(28,29)18-19-8-10-20(11-9-19)22(27)23-12-13-25(2)21-6-4-3-5-7-21/h3-11H,12-18H2,1-2H3,(H,23,27). The number of hydrogen-bond donors (Lipinski definition) is 1. The molecule has 2 aromatic carbocycles. The highest BCUT2D eigenvalue weighted by Crippen LogP contribution is 2.14. The topological polar surface area (TPSA) is 73.0 Å². The zero-order valence-corrected chi connectivity index (χ0v) is 18.4. The molecule has 162 valence electrons. The van der Waals surface area contributed by atoms with Crippen LogP contribution in [0.4, 0.5) is 5.69 Å². The van der Waals surface area contributed by atoms with E-state index in [9.17, 15) is 13.2 Å². The summed E-state index contributed by atoms with van der Waals surface area (Å²) in [5, 5.41) is 2.91. The van der Waals surface area contributed by atoms with Crippen molar-refractivity contribution in [2.75, 3.05) is 58.3 Å². The lowest BCUT2D eigenvalue weighted by atomic mass is 10.1. The van der Waals surface area contributed by atoms with Crippen molar-refractivity contribution in [3.05, 3.63) is 65.7 Å². The van der Waals surface area contributed by atoms with E-state index in [0.29, 0.717) is 37.3 Å². The lowest BCUT2D eigenvalue weighted by molar-refractivity contribution is 0.0954. The van der Waals surface area contributed by atoms with Gasteiger partial charge in [-0.15, -0.1) is 0 Å². The molecule has 0 aliphatic carbocycles. The minimum atomic E-state index is -3.34. The second-order valence-electron chi connectivity index (χ2n) is 7.67. The minimum Gasteiger partial charge on any atom is -0.373 e. The largest absolute Gasteiger partial charge is 0.373 e. The third kappa shape index (κ3) is 6.04. The van der Waals surface area contributed by atoms with Crippen molar-refractivity contribution in [2.24, 2.45) is 0 Å². The second kappa shape index (κ2) is 10.1. The molecule has 0 saturated carbocycles. The molecule has 7 nitrogen and oxygen atoms in total. The maximum absolute atomic E-state index is 12.6. The average molecular weight is 431 g/mol. The Hall–Kier alpha value is -2.42. The molecule has 1 saturated heterocycles. The number of anilines is 1. The fourth-order valence-electron chi connectivity index (χ4n) is 3.37. The highest BCUT2D eigenvalue weighted by molar-refractivity contribution is 7.88. The Morgan fingerprint density at radius 1 is 1.00 bits per heavy atom. The third-order valence-electron chi connectivity index (χ3n) is 5.35. The summed E-state index contributed by atoms with van der Waals surface area (Å²) in [5.74, 6) is -0.203. The first-order valence-corrected chi connectivity index (χ1v) is 11.8. The van der Waals surface area contributed by atoms with E-state index >= 15 is 0 Å². The van der Waals surface area contributed by atoms with Crippen molar-refractivity contribution >= 4 is 21.6 Å². The van der Waals surface area contributed by atoms with Gasteiger partial charge >= 0.3 is 0 Å². The van der Waals surface area contributed by atoms with Gasteiger partial charge in [0.25, 0.3) is 5.91 Å². The SMILES string of the molecule is CN1CCN(S(=O)(=O)Cc2ccc(C(=O)NCCN(C)c3ccccc3)cc2)CC1. The van der Waals surface area contributed by atoms with Crippen LogP contribution in [0.1, 0.15) is 15.9 Å². The molecule has 30 heavy (non-hydrogen) atoms. The molecule has 0 aromatic heterocycles. The Kier molecular flexibility index (Phi) is 7.47. The summed E-state index contributed by atoms with van der Waals surface area (Å²) in [6.07, 6.45) is 0. The number of likely N-dealkylation sites (N-methyl/N-ethyl adjacent to an activating group) is 2. The Labute approximate surface area is 179 Å². The molecule has 0 unspecified atom stereocenters. The van der Waals surface area contributed by atoms with E-state index in [1.54, 1.807) is 28.6 Å².